The number of rotatable bonds is 6. The van der Waals surface area contributed by atoms with Crippen LogP contribution in [-0.2, 0) is 22.3 Å². The normalized spacial score (nSPS) is 17.0. The van der Waals surface area contributed by atoms with Crippen molar-refractivity contribution in [1.29, 1.82) is 0 Å². The van der Waals surface area contributed by atoms with Crippen LogP contribution in [0.2, 0.25) is 0 Å². The highest BCUT2D eigenvalue weighted by atomic mass is 19.4. The molecule has 1 aromatic carbocycles. The van der Waals surface area contributed by atoms with E-state index in [-0.39, 0.29) is 29.9 Å². The number of halogens is 3. The predicted octanol–water partition coefficient (Wildman–Crippen LogP) is 2.72. The van der Waals surface area contributed by atoms with Crippen LogP contribution in [0.5, 0.6) is 5.75 Å². The van der Waals surface area contributed by atoms with Crippen molar-refractivity contribution < 1.29 is 27.4 Å². The standard InChI is InChI=1S/C20H23F3N4O3/c1-13-4-3-5-18(20(21,22)23)17(13)12-30-15-8-25-19(26-9-15)27-6-7-29-16(11-27)10-24-14(2)28/h3-5,8-9,16H,6-7,10-12H2,1-2H3,(H,24,28)/t16-/m0/s1. The van der Waals surface area contributed by atoms with Gasteiger partial charge in [0.05, 0.1) is 30.7 Å². The van der Waals surface area contributed by atoms with Gasteiger partial charge in [-0.15, -0.1) is 0 Å². The summed E-state index contributed by atoms with van der Waals surface area (Å²) in [5, 5.41) is 2.72. The fourth-order valence-corrected chi connectivity index (χ4v) is 3.14. The number of alkyl halides is 3. The smallest absolute Gasteiger partial charge is 0.416 e. The van der Waals surface area contributed by atoms with E-state index in [2.05, 4.69) is 15.3 Å². The van der Waals surface area contributed by atoms with E-state index < -0.39 is 11.7 Å². The number of hydrogen-bond donors (Lipinski definition) is 1. The van der Waals surface area contributed by atoms with Crippen molar-refractivity contribution in [1.82, 2.24) is 15.3 Å². The van der Waals surface area contributed by atoms with Crippen molar-refractivity contribution in [2.24, 2.45) is 0 Å². The third kappa shape index (κ3) is 5.59. The van der Waals surface area contributed by atoms with Crippen LogP contribution < -0.4 is 15.0 Å². The molecule has 0 radical (unpaired) electrons. The molecule has 3 rings (SSSR count). The molecule has 1 aromatic heterocycles. The van der Waals surface area contributed by atoms with Crippen molar-refractivity contribution in [3.63, 3.8) is 0 Å². The second-order valence-corrected chi connectivity index (χ2v) is 6.98. The number of carbonyl (C=O) groups is 1. The second kappa shape index (κ2) is 9.29. The maximum Gasteiger partial charge on any atom is 0.416 e. The highest BCUT2D eigenvalue weighted by Crippen LogP contribution is 2.33. The van der Waals surface area contributed by atoms with Crippen molar-refractivity contribution in [3.8, 4) is 5.75 Å². The molecule has 1 N–H and O–H groups in total. The number of aryl methyl sites for hydroxylation is 1. The number of anilines is 1. The second-order valence-electron chi connectivity index (χ2n) is 6.98. The van der Waals surface area contributed by atoms with Gasteiger partial charge in [-0.3, -0.25) is 4.79 Å². The molecule has 1 aliphatic heterocycles. The van der Waals surface area contributed by atoms with Gasteiger partial charge >= 0.3 is 6.18 Å². The van der Waals surface area contributed by atoms with E-state index in [9.17, 15) is 18.0 Å². The molecule has 1 saturated heterocycles. The highest BCUT2D eigenvalue weighted by molar-refractivity contribution is 5.72. The predicted molar refractivity (Wildman–Crippen MR) is 103 cm³/mol. The van der Waals surface area contributed by atoms with E-state index in [0.717, 1.165) is 6.07 Å². The van der Waals surface area contributed by atoms with E-state index in [4.69, 9.17) is 9.47 Å². The number of morpholine rings is 1. The molecule has 1 aliphatic rings. The van der Waals surface area contributed by atoms with E-state index in [0.29, 0.717) is 37.8 Å². The molecule has 1 amide bonds. The van der Waals surface area contributed by atoms with Crippen molar-refractivity contribution in [2.75, 3.05) is 31.1 Å². The SMILES string of the molecule is CC(=O)NC[C@H]1CN(c2ncc(OCc3c(C)cccc3C(F)(F)F)cn2)CCO1. The Morgan fingerprint density at radius 1 is 1.33 bits per heavy atom. The third-order valence-corrected chi connectivity index (χ3v) is 4.71. The molecule has 30 heavy (non-hydrogen) atoms. The zero-order valence-corrected chi connectivity index (χ0v) is 16.7. The molecule has 0 aliphatic carbocycles. The number of ether oxygens (including phenoxy) is 2. The van der Waals surface area contributed by atoms with Crippen LogP contribution in [0.25, 0.3) is 0 Å². The Balaban J connectivity index is 1.63. The average Bonchev–Trinajstić information content (AvgIpc) is 2.71. The van der Waals surface area contributed by atoms with Crippen molar-refractivity contribution >= 4 is 11.9 Å². The number of amides is 1. The van der Waals surface area contributed by atoms with Gasteiger partial charge in [-0.25, -0.2) is 9.97 Å². The van der Waals surface area contributed by atoms with Gasteiger partial charge in [0.15, 0.2) is 5.75 Å². The van der Waals surface area contributed by atoms with Gasteiger partial charge in [-0.2, -0.15) is 13.2 Å². The zero-order valence-electron chi connectivity index (χ0n) is 16.7. The Morgan fingerprint density at radius 2 is 2.07 bits per heavy atom. The molecule has 2 heterocycles. The highest BCUT2D eigenvalue weighted by Gasteiger charge is 2.33. The molecule has 162 valence electrons. The first-order valence-corrected chi connectivity index (χ1v) is 9.45. The van der Waals surface area contributed by atoms with E-state index in [1.807, 2.05) is 4.90 Å². The summed E-state index contributed by atoms with van der Waals surface area (Å²) in [5.74, 6) is 0.610. The van der Waals surface area contributed by atoms with Gasteiger partial charge in [0, 0.05) is 32.1 Å². The van der Waals surface area contributed by atoms with Gasteiger partial charge in [-0.1, -0.05) is 12.1 Å². The molecule has 1 atom stereocenters. The molecular formula is C20H23F3N4O3. The maximum absolute atomic E-state index is 13.2. The Hall–Kier alpha value is -2.88. The molecule has 7 nitrogen and oxygen atoms in total. The molecule has 0 bridgehead atoms. The van der Waals surface area contributed by atoms with Gasteiger partial charge in [0.25, 0.3) is 0 Å². The Bertz CT molecular complexity index is 875. The first-order valence-electron chi connectivity index (χ1n) is 9.45. The number of hydrogen-bond acceptors (Lipinski definition) is 6. The number of nitrogens with zero attached hydrogens (tertiary/aromatic N) is 3. The fourth-order valence-electron chi connectivity index (χ4n) is 3.14. The molecule has 1 fully saturated rings. The van der Waals surface area contributed by atoms with Crippen LogP contribution in [0.4, 0.5) is 19.1 Å². The van der Waals surface area contributed by atoms with Crippen LogP contribution in [0.3, 0.4) is 0 Å². The molecule has 2 aromatic rings. The monoisotopic (exact) mass is 424 g/mol. The quantitative estimate of drug-likeness (QED) is 0.769. The lowest BCUT2D eigenvalue weighted by Crippen LogP contribution is -2.47. The summed E-state index contributed by atoms with van der Waals surface area (Å²) in [4.78, 5) is 21.5. The van der Waals surface area contributed by atoms with E-state index in [1.165, 1.54) is 25.4 Å². The summed E-state index contributed by atoms with van der Waals surface area (Å²) in [7, 11) is 0. The van der Waals surface area contributed by atoms with Crippen LogP contribution in [0, 0.1) is 6.92 Å². The lowest BCUT2D eigenvalue weighted by molar-refractivity contribution is -0.138. The van der Waals surface area contributed by atoms with Crippen molar-refractivity contribution in [3.05, 3.63) is 47.3 Å². The molecule has 0 saturated carbocycles. The Kier molecular flexibility index (Phi) is 6.76. The van der Waals surface area contributed by atoms with E-state index in [1.54, 1.807) is 13.0 Å². The molecule has 0 unspecified atom stereocenters. The first kappa shape index (κ1) is 21.8. The maximum atomic E-state index is 13.2. The molecule has 10 heteroatoms. The largest absolute Gasteiger partial charge is 0.486 e. The van der Waals surface area contributed by atoms with E-state index >= 15 is 0 Å². The zero-order chi connectivity index (χ0) is 21.7. The van der Waals surface area contributed by atoms with Crippen molar-refractivity contribution in [2.45, 2.75) is 32.7 Å². The number of nitrogens with one attached hydrogen (secondary N) is 1. The summed E-state index contributed by atoms with van der Waals surface area (Å²) in [6, 6.07) is 4.03. The van der Waals surface area contributed by atoms with Crippen LogP contribution in [0.15, 0.2) is 30.6 Å². The van der Waals surface area contributed by atoms with Crippen LogP contribution >= 0.6 is 0 Å². The topological polar surface area (TPSA) is 76.6 Å². The average molecular weight is 424 g/mol. The lowest BCUT2D eigenvalue weighted by Gasteiger charge is -2.32. The summed E-state index contributed by atoms with van der Waals surface area (Å²) < 4.78 is 50.8. The van der Waals surface area contributed by atoms with Crippen LogP contribution in [-0.4, -0.2) is 48.2 Å². The van der Waals surface area contributed by atoms with Gasteiger partial charge in [0.2, 0.25) is 11.9 Å². The first-order chi connectivity index (χ1) is 14.2. The summed E-state index contributed by atoms with van der Waals surface area (Å²) in [5.41, 5.74) is -0.123. The fraction of sp³-hybridized carbons (Fsp3) is 0.450. The van der Waals surface area contributed by atoms with Gasteiger partial charge in [0.1, 0.15) is 6.61 Å². The number of aromatic nitrogens is 2. The Labute approximate surface area is 172 Å². The number of benzene rings is 1. The van der Waals surface area contributed by atoms with Crippen LogP contribution in [0.1, 0.15) is 23.6 Å². The summed E-state index contributed by atoms with van der Waals surface area (Å²) >= 11 is 0. The molecule has 0 spiro atoms. The lowest BCUT2D eigenvalue weighted by atomic mass is 10.0. The van der Waals surface area contributed by atoms with Gasteiger partial charge < -0.3 is 19.7 Å². The molecular weight excluding hydrogens is 401 g/mol. The Morgan fingerprint density at radius 3 is 2.73 bits per heavy atom. The van der Waals surface area contributed by atoms with Gasteiger partial charge in [-0.05, 0) is 18.6 Å². The summed E-state index contributed by atoms with van der Waals surface area (Å²) in [6.45, 7) is 4.79. The minimum atomic E-state index is -4.45. The third-order valence-electron chi connectivity index (χ3n) is 4.71. The number of carbonyl (C=O) groups excluding carboxylic acids is 1. The summed E-state index contributed by atoms with van der Waals surface area (Å²) in [6.07, 6.45) is -1.75. The minimum absolute atomic E-state index is 0.0862. The minimum Gasteiger partial charge on any atom is -0.486 e.